The SMILES string of the molecule is CC1COCC(C)N1C(=O)c1cc(C(=O)O)co1. The van der Waals surface area contributed by atoms with Crippen LogP contribution in [0.4, 0.5) is 0 Å². The lowest BCUT2D eigenvalue weighted by molar-refractivity contribution is -0.0263. The van der Waals surface area contributed by atoms with Gasteiger partial charge in [0.15, 0.2) is 5.76 Å². The van der Waals surface area contributed by atoms with Crippen molar-refractivity contribution in [2.45, 2.75) is 25.9 Å². The van der Waals surface area contributed by atoms with Gasteiger partial charge in [-0.1, -0.05) is 0 Å². The molecule has 2 unspecified atom stereocenters. The van der Waals surface area contributed by atoms with Gasteiger partial charge in [0.25, 0.3) is 5.91 Å². The van der Waals surface area contributed by atoms with Gasteiger partial charge in [0, 0.05) is 6.07 Å². The summed E-state index contributed by atoms with van der Waals surface area (Å²) in [5.74, 6) is -1.36. The summed E-state index contributed by atoms with van der Waals surface area (Å²) in [5.41, 5.74) is -0.0214. The first-order chi connectivity index (χ1) is 8.50. The van der Waals surface area contributed by atoms with Crippen molar-refractivity contribution in [2.24, 2.45) is 0 Å². The van der Waals surface area contributed by atoms with Gasteiger partial charge in [0.1, 0.15) is 6.26 Å². The Morgan fingerprint density at radius 1 is 1.33 bits per heavy atom. The summed E-state index contributed by atoms with van der Waals surface area (Å²) in [7, 11) is 0. The predicted molar refractivity (Wildman–Crippen MR) is 61.6 cm³/mol. The van der Waals surface area contributed by atoms with Crippen LogP contribution in [-0.2, 0) is 4.74 Å². The minimum atomic E-state index is -1.11. The number of hydrogen-bond acceptors (Lipinski definition) is 4. The Kier molecular flexibility index (Phi) is 3.38. The Labute approximate surface area is 104 Å². The van der Waals surface area contributed by atoms with Crippen LogP contribution in [0.3, 0.4) is 0 Å². The highest BCUT2D eigenvalue weighted by Crippen LogP contribution is 2.18. The van der Waals surface area contributed by atoms with Crippen LogP contribution in [0.1, 0.15) is 34.8 Å². The van der Waals surface area contributed by atoms with Crippen molar-refractivity contribution in [1.29, 1.82) is 0 Å². The van der Waals surface area contributed by atoms with Crippen LogP contribution >= 0.6 is 0 Å². The lowest BCUT2D eigenvalue weighted by atomic mass is 10.1. The van der Waals surface area contributed by atoms with E-state index in [1.165, 1.54) is 6.07 Å². The molecule has 0 radical (unpaired) electrons. The first-order valence-corrected chi connectivity index (χ1v) is 5.73. The summed E-state index contributed by atoms with van der Waals surface area (Å²) in [6, 6.07) is 1.14. The van der Waals surface area contributed by atoms with E-state index >= 15 is 0 Å². The van der Waals surface area contributed by atoms with Crippen molar-refractivity contribution < 1.29 is 23.8 Å². The quantitative estimate of drug-likeness (QED) is 0.857. The van der Waals surface area contributed by atoms with Crippen LogP contribution in [0.2, 0.25) is 0 Å². The van der Waals surface area contributed by atoms with E-state index in [0.29, 0.717) is 13.2 Å². The number of carboxylic acid groups (broad SMARTS) is 1. The van der Waals surface area contributed by atoms with Gasteiger partial charge in [-0.25, -0.2) is 4.79 Å². The maximum atomic E-state index is 12.2. The lowest BCUT2D eigenvalue weighted by Crippen LogP contribution is -2.52. The molecule has 0 saturated carbocycles. The number of amides is 1. The number of nitrogens with zero attached hydrogens (tertiary/aromatic N) is 1. The van der Waals surface area contributed by atoms with Crippen molar-refractivity contribution in [3.8, 4) is 0 Å². The highest BCUT2D eigenvalue weighted by molar-refractivity contribution is 5.95. The average Bonchev–Trinajstić information content (AvgIpc) is 2.77. The molecule has 0 bridgehead atoms. The maximum absolute atomic E-state index is 12.2. The Hall–Kier alpha value is -1.82. The van der Waals surface area contributed by atoms with Gasteiger partial charge in [-0.15, -0.1) is 0 Å². The molecule has 2 atom stereocenters. The molecule has 1 saturated heterocycles. The molecule has 1 aliphatic rings. The van der Waals surface area contributed by atoms with Crippen molar-refractivity contribution in [2.75, 3.05) is 13.2 Å². The van der Waals surface area contributed by atoms with E-state index in [-0.39, 0.29) is 29.3 Å². The number of hydrogen-bond donors (Lipinski definition) is 1. The van der Waals surface area contributed by atoms with E-state index in [9.17, 15) is 9.59 Å². The standard InChI is InChI=1S/C12H15NO5/c1-7-4-17-5-8(2)13(7)11(14)10-3-9(6-18-10)12(15)16/h3,6-8H,4-5H2,1-2H3,(H,15,16). The first-order valence-electron chi connectivity index (χ1n) is 5.73. The van der Waals surface area contributed by atoms with Crippen molar-refractivity contribution in [3.05, 3.63) is 23.7 Å². The molecule has 98 valence electrons. The van der Waals surface area contributed by atoms with Gasteiger partial charge in [0.2, 0.25) is 0 Å². The lowest BCUT2D eigenvalue weighted by Gasteiger charge is -2.38. The number of carbonyl (C=O) groups is 2. The number of furan rings is 1. The number of carbonyl (C=O) groups excluding carboxylic acids is 1. The van der Waals surface area contributed by atoms with Crippen molar-refractivity contribution in [1.82, 2.24) is 4.90 Å². The molecule has 18 heavy (non-hydrogen) atoms. The van der Waals surface area contributed by atoms with Gasteiger partial charge in [-0.05, 0) is 13.8 Å². The second-order valence-electron chi connectivity index (χ2n) is 4.45. The highest BCUT2D eigenvalue weighted by atomic mass is 16.5. The summed E-state index contributed by atoms with van der Waals surface area (Å²) >= 11 is 0. The molecular weight excluding hydrogens is 238 g/mol. The second-order valence-corrected chi connectivity index (χ2v) is 4.45. The van der Waals surface area contributed by atoms with Crippen LogP contribution in [0, 0.1) is 0 Å². The van der Waals surface area contributed by atoms with Gasteiger partial charge in [-0.3, -0.25) is 4.79 Å². The molecule has 0 aromatic carbocycles. The second kappa shape index (κ2) is 4.81. The third-order valence-corrected chi connectivity index (χ3v) is 2.96. The number of aromatic carboxylic acids is 1. The van der Waals surface area contributed by atoms with E-state index in [4.69, 9.17) is 14.3 Å². The number of ether oxygens (including phenoxy) is 1. The smallest absolute Gasteiger partial charge is 0.338 e. The number of rotatable bonds is 2. The third kappa shape index (κ3) is 2.24. The van der Waals surface area contributed by atoms with Gasteiger partial charge in [-0.2, -0.15) is 0 Å². The largest absolute Gasteiger partial charge is 0.478 e. The minimum Gasteiger partial charge on any atom is -0.478 e. The van der Waals surface area contributed by atoms with Gasteiger partial charge in [0.05, 0.1) is 30.9 Å². The molecule has 6 heteroatoms. The predicted octanol–water partition coefficient (Wildman–Crippen LogP) is 1.23. The fourth-order valence-corrected chi connectivity index (χ4v) is 2.09. The van der Waals surface area contributed by atoms with E-state index < -0.39 is 5.97 Å². The van der Waals surface area contributed by atoms with E-state index in [2.05, 4.69) is 0 Å². The summed E-state index contributed by atoms with van der Waals surface area (Å²) in [5, 5.41) is 8.79. The molecule has 1 aromatic rings. The zero-order valence-electron chi connectivity index (χ0n) is 10.3. The molecule has 1 aromatic heterocycles. The zero-order valence-corrected chi connectivity index (χ0v) is 10.3. The summed E-state index contributed by atoms with van der Waals surface area (Å²) in [6.45, 7) is 4.72. The zero-order chi connectivity index (χ0) is 13.3. The summed E-state index contributed by atoms with van der Waals surface area (Å²) in [4.78, 5) is 24.6. The monoisotopic (exact) mass is 253 g/mol. The molecule has 6 nitrogen and oxygen atoms in total. The highest BCUT2D eigenvalue weighted by Gasteiger charge is 2.32. The van der Waals surface area contributed by atoms with Gasteiger partial charge >= 0.3 is 5.97 Å². The Balaban J connectivity index is 2.21. The van der Waals surface area contributed by atoms with E-state index in [0.717, 1.165) is 6.26 Å². The van der Waals surface area contributed by atoms with Crippen LogP contribution in [-0.4, -0.2) is 47.2 Å². The Bertz CT molecular complexity index is 457. The van der Waals surface area contributed by atoms with Crippen molar-refractivity contribution in [3.63, 3.8) is 0 Å². The topological polar surface area (TPSA) is 80.0 Å². The van der Waals surface area contributed by atoms with Crippen LogP contribution in [0.5, 0.6) is 0 Å². The fraction of sp³-hybridized carbons (Fsp3) is 0.500. The Morgan fingerprint density at radius 2 is 1.94 bits per heavy atom. The normalized spacial score (nSPS) is 24.0. The number of carboxylic acids is 1. The molecule has 2 heterocycles. The molecule has 2 rings (SSSR count). The molecule has 1 amide bonds. The average molecular weight is 253 g/mol. The van der Waals surface area contributed by atoms with E-state index in [1.807, 2.05) is 13.8 Å². The van der Waals surface area contributed by atoms with Crippen molar-refractivity contribution >= 4 is 11.9 Å². The third-order valence-electron chi connectivity index (χ3n) is 2.96. The van der Waals surface area contributed by atoms with Crippen LogP contribution < -0.4 is 0 Å². The Morgan fingerprint density at radius 3 is 2.44 bits per heavy atom. The molecular formula is C12H15NO5. The molecule has 1 aliphatic heterocycles. The van der Waals surface area contributed by atoms with Gasteiger partial charge < -0.3 is 19.2 Å². The molecule has 0 spiro atoms. The van der Waals surface area contributed by atoms with E-state index in [1.54, 1.807) is 4.90 Å². The maximum Gasteiger partial charge on any atom is 0.338 e. The summed E-state index contributed by atoms with van der Waals surface area (Å²) < 4.78 is 10.4. The van der Waals surface area contributed by atoms with Crippen LogP contribution in [0.15, 0.2) is 16.7 Å². The molecule has 1 fully saturated rings. The summed E-state index contributed by atoms with van der Waals surface area (Å²) in [6.07, 6.45) is 1.07. The molecule has 0 aliphatic carbocycles. The fourth-order valence-electron chi connectivity index (χ4n) is 2.09. The minimum absolute atomic E-state index is 0.0214. The first kappa shape index (κ1) is 12.6. The number of morpholine rings is 1. The van der Waals surface area contributed by atoms with Crippen LogP contribution in [0.25, 0.3) is 0 Å². The molecule has 1 N–H and O–H groups in total.